The van der Waals surface area contributed by atoms with E-state index in [-0.39, 0.29) is 13.0 Å². The standard InChI is InChI=1S/C16H23N3O5/c1-16(2,3)24-15(22)18-9-7-12(20)19-13(14(21)23-4)11-6-5-8-17-10-11/h5-6,8,10,13H,7,9H2,1-4H3,(H,18,22)(H,19,20)/t13-/m1/s1. The van der Waals surface area contributed by atoms with Crippen molar-refractivity contribution in [1.82, 2.24) is 15.6 Å². The number of hydrogen-bond donors (Lipinski definition) is 2. The van der Waals surface area contributed by atoms with E-state index in [4.69, 9.17) is 9.47 Å². The fourth-order valence-corrected chi connectivity index (χ4v) is 1.77. The molecular formula is C16H23N3O5. The van der Waals surface area contributed by atoms with E-state index in [1.807, 2.05) is 0 Å². The summed E-state index contributed by atoms with van der Waals surface area (Å²) in [6.45, 7) is 5.32. The Morgan fingerprint density at radius 1 is 1.29 bits per heavy atom. The summed E-state index contributed by atoms with van der Waals surface area (Å²) in [4.78, 5) is 39.2. The van der Waals surface area contributed by atoms with Gasteiger partial charge in [-0.15, -0.1) is 0 Å². The molecule has 0 saturated carbocycles. The van der Waals surface area contributed by atoms with Crippen LogP contribution in [0.4, 0.5) is 4.79 Å². The number of amides is 2. The van der Waals surface area contributed by atoms with E-state index in [2.05, 4.69) is 15.6 Å². The maximum Gasteiger partial charge on any atom is 0.407 e. The fourth-order valence-electron chi connectivity index (χ4n) is 1.77. The molecule has 0 saturated heterocycles. The number of hydrogen-bond acceptors (Lipinski definition) is 6. The van der Waals surface area contributed by atoms with Crippen molar-refractivity contribution in [1.29, 1.82) is 0 Å². The zero-order valence-electron chi connectivity index (χ0n) is 14.3. The van der Waals surface area contributed by atoms with Crippen LogP contribution in [0.5, 0.6) is 0 Å². The molecule has 2 amide bonds. The van der Waals surface area contributed by atoms with Crippen molar-refractivity contribution in [2.45, 2.75) is 38.8 Å². The van der Waals surface area contributed by atoms with Crippen LogP contribution < -0.4 is 10.6 Å². The Kier molecular flexibility index (Phi) is 7.16. The molecule has 0 aliphatic carbocycles. The van der Waals surface area contributed by atoms with E-state index in [1.165, 1.54) is 13.3 Å². The minimum atomic E-state index is -0.947. The Balaban J connectivity index is 2.52. The Hall–Kier alpha value is -2.64. The van der Waals surface area contributed by atoms with Gasteiger partial charge >= 0.3 is 12.1 Å². The van der Waals surface area contributed by atoms with Crippen molar-refractivity contribution >= 4 is 18.0 Å². The van der Waals surface area contributed by atoms with Gasteiger partial charge in [0.05, 0.1) is 7.11 Å². The quantitative estimate of drug-likeness (QED) is 0.758. The zero-order valence-corrected chi connectivity index (χ0v) is 14.3. The minimum Gasteiger partial charge on any atom is -0.467 e. The molecule has 1 heterocycles. The molecule has 0 radical (unpaired) electrons. The summed E-state index contributed by atoms with van der Waals surface area (Å²) in [5.74, 6) is -1.01. The maximum absolute atomic E-state index is 12.0. The predicted molar refractivity (Wildman–Crippen MR) is 86.0 cm³/mol. The summed E-state index contributed by atoms with van der Waals surface area (Å²) in [5, 5.41) is 5.04. The van der Waals surface area contributed by atoms with Crippen molar-refractivity contribution in [3.8, 4) is 0 Å². The van der Waals surface area contributed by atoms with Crippen molar-refractivity contribution in [3.63, 3.8) is 0 Å². The summed E-state index contributed by atoms with van der Waals surface area (Å²) in [6, 6.07) is 2.37. The van der Waals surface area contributed by atoms with Gasteiger partial charge in [-0.2, -0.15) is 0 Å². The largest absolute Gasteiger partial charge is 0.467 e. The molecule has 1 aromatic heterocycles. The molecule has 1 atom stereocenters. The number of aromatic nitrogens is 1. The van der Waals surface area contributed by atoms with Crippen LogP contribution in [0.1, 0.15) is 38.8 Å². The van der Waals surface area contributed by atoms with Crippen molar-refractivity contribution in [2.75, 3.05) is 13.7 Å². The van der Waals surface area contributed by atoms with Crippen LogP contribution in [0, 0.1) is 0 Å². The molecule has 0 unspecified atom stereocenters. The number of carbonyl (C=O) groups is 3. The Bertz CT molecular complexity index is 569. The molecule has 1 rings (SSSR count). The molecule has 0 spiro atoms. The monoisotopic (exact) mass is 337 g/mol. The number of esters is 1. The van der Waals surface area contributed by atoms with Crippen LogP contribution in [0.3, 0.4) is 0 Å². The number of methoxy groups -OCH3 is 1. The van der Waals surface area contributed by atoms with E-state index in [0.29, 0.717) is 5.56 Å². The molecule has 0 fully saturated rings. The summed E-state index contributed by atoms with van der Waals surface area (Å²) in [6.07, 6.45) is 2.42. The van der Waals surface area contributed by atoms with E-state index >= 15 is 0 Å². The lowest BCUT2D eigenvalue weighted by atomic mass is 10.1. The third kappa shape index (κ3) is 7.08. The Morgan fingerprint density at radius 3 is 2.54 bits per heavy atom. The van der Waals surface area contributed by atoms with Gasteiger partial charge in [0, 0.05) is 30.9 Å². The van der Waals surface area contributed by atoms with Gasteiger partial charge in [-0.3, -0.25) is 9.78 Å². The van der Waals surface area contributed by atoms with Gasteiger partial charge in [-0.1, -0.05) is 6.07 Å². The molecule has 2 N–H and O–H groups in total. The highest BCUT2D eigenvalue weighted by atomic mass is 16.6. The Morgan fingerprint density at radius 2 is 2.00 bits per heavy atom. The van der Waals surface area contributed by atoms with E-state index < -0.39 is 29.6 Å². The first kappa shape index (κ1) is 19.4. The number of carbonyl (C=O) groups excluding carboxylic acids is 3. The Labute approximate surface area is 140 Å². The third-order valence-corrected chi connectivity index (χ3v) is 2.78. The van der Waals surface area contributed by atoms with Gasteiger partial charge in [0.1, 0.15) is 5.60 Å². The van der Waals surface area contributed by atoms with Gasteiger partial charge in [-0.05, 0) is 26.8 Å². The van der Waals surface area contributed by atoms with Crippen molar-refractivity contribution in [2.24, 2.45) is 0 Å². The zero-order chi connectivity index (χ0) is 18.2. The fraction of sp³-hybridized carbons (Fsp3) is 0.500. The molecule has 0 bridgehead atoms. The molecule has 0 aliphatic rings. The average Bonchev–Trinajstić information content (AvgIpc) is 2.51. The first-order valence-corrected chi connectivity index (χ1v) is 7.47. The predicted octanol–water partition coefficient (Wildman–Crippen LogP) is 1.33. The number of ether oxygens (including phenoxy) is 2. The summed E-state index contributed by atoms with van der Waals surface area (Å²) < 4.78 is 9.76. The van der Waals surface area contributed by atoms with Gasteiger partial charge in [-0.25, -0.2) is 9.59 Å². The summed E-state index contributed by atoms with van der Waals surface area (Å²) in [5.41, 5.74) is -0.0966. The number of alkyl carbamates (subject to hydrolysis) is 1. The highest BCUT2D eigenvalue weighted by Gasteiger charge is 2.23. The van der Waals surface area contributed by atoms with Gasteiger partial charge in [0.2, 0.25) is 5.91 Å². The highest BCUT2D eigenvalue weighted by Crippen LogP contribution is 2.13. The maximum atomic E-state index is 12.0. The summed E-state index contributed by atoms with van der Waals surface area (Å²) >= 11 is 0. The molecular weight excluding hydrogens is 314 g/mol. The van der Waals surface area contributed by atoms with E-state index in [9.17, 15) is 14.4 Å². The van der Waals surface area contributed by atoms with Crippen LogP contribution in [0.15, 0.2) is 24.5 Å². The second-order valence-corrected chi connectivity index (χ2v) is 5.99. The van der Waals surface area contributed by atoms with Crippen LogP contribution in [-0.2, 0) is 19.1 Å². The van der Waals surface area contributed by atoms with E-state index in [1.54, 1.807) is 39.1 Å². The smallest absolute Gasteiger partial charge is 0.407 e. The molecule has 8 nitrogen and oxygen atoms in total. The normalized spacial score (nSPS) is 12.0. The number of pyridine rings is 1. The van der Waals surface area contributed by atoms with Crippen LogP contribution in [-0.4, -0.2) is 42.2 Å². The van der Waals surface area contributed by atoms with Gasteiger partial charge in [0.15, 0.2) is 6.04 Å². The molecule has 1 aromatic rings. The third-order valence-electron chi connectivity index (χ3n) is 2.78. The lowest BCUT2D eigenvalue weighted by Gasteiger charge is -2.20. The molecule has 8 heteroatoms. The second-order valence-electron chi connectivity index (χ2n) is 5.99. The first-order chi connectivity index (χ1) is 11.2. The second kappa shape index (κ2) is 8.85. The number of nitrogens with zero attached hydrogens (tertiary/aromatic N) is 1. The average molecular weight is 337 g/mol. The van der Waals surface area contributed by atoms with Gasteiger partial charge in [0.25, 0.3) is 0 Å². The van der Waals surface area contributed by atoms with E-state index in [0.717, 1.165) is 0 Å². The molecule has 0 aliphatic heterocycles. The van der Waals surface area contributed by atoms with Crippen LogP contribution in [0.25, 0.3) is 0 Å². The molecule has 0 aromatic carbocycles. The first-order valence-electron chi connectivity index (χ1n) is 7.47. The van der Waals surface area contributed by atoms with Crippen molar-refractivity contribution in [3.05, 3.63) is 30.1 Å². The lowest BCUT2D eigenvalue weighted by molar-refractivity contribution is -0.145. The number of nitrogens with one attached hydrogen (secondary N) is 2. The van der Waals surface area contributed by atoms with Crippen molar-refractivity contribution < 1.29 is 23.9 Å². The van der Waals surface area contributed by atoms with Crippen LogP contribution >= 0.6 is 0 Å². The SMILES string of the molecule is COC(=O)[C@H](NC(=O)CCNC(=O)OC(C)(C)C)c1cccnc1. The topological polar surface area (TPSA) is 107 Å². The van der Waals surface area contributed by atoms with Crippen LogP contribution in [0.2, 0.25) is 0 Å². The molecule has 132 valence electrons. The minimum absolute atomic E-state index is 0.00695. The number of rotatable bonds is 6. The highest BCUT2D eigenvalue weighted by molar-refractivity contribution is 5.85. The van der Waals surface area contributed by atoms with Gasteiger partial charge < -0.3 is 20.1 Å². The lowest BCUT2D eigenvalue weighted by Crippen LogP contribution is -2.38. The molecule has 24 heavy (non-hydrogen) atoms. The summed E-state index contributed by atoms with van der Waals surface area (Å²) in [7, 11) is 1.24.